The number of sulfonamides is 1. The Hall–Kier alpha value is -2.87. The highest BCUT2D eigenvalue weighted by atomic mass is 32.2. The molecule has 2 aliphatic rings. The van der Waals surface area contributed by atoms with Crippen molar-refractivity contribution < 1.29 is 22.7 Å². The van der Waals surface area contributed by atoms with Gasteiger partial charge in [-0.15, -0.1) is 0 Å². The van der Waals surface area contributed by atoms with E-state index >= 15 is 0 Å². The first-order valence-electron chi connectivity index (χ1n) is 9.63. The number of fused-ring (bicyclic) bond motifs is 1. The topological polar surface area (TPSA) is 92.8 Å². The standard InChI is InChI=1S/C21H22N2O5S/c1-2-28-21(25)16-4-3-5-17(12-16)22-29(26,27)18-8-9-19-15(13-18)10-11-23(19)20(24)14-6-7-14/h3-5,8-9,12-14,22H,2,6-7,10-11H2,1H3. The lowest BCUT2D eigenvalue weighted by molar-refractivity contribution is -0.119. The minimum absolute atomic E-state index is 0.123. The Morgan fingerprint density at radius 2 is 1.97 bits per heavy atom. The molecule has 1 amide bonds. The fraction of sp³-hybridized carbons (Fsp3) is 0.333. The zero-order valence-corrected chi connectivity index (χ0v) is 16.9. The predicted octanol–water partition coefficient (Wildman–Crippen LogP) is 2.96. The van der Waals surface area contributed by atoms with Crippen LogP contribution >= 0.6 is 0 Å². The van der Waals surface area contributed by atoms with Crippen LogP contribution in [0, 0.1) is 5.92 Å². The van der Waals surface area contributed by atoms with Gasteiger partial charge in [0, 0.05) is 23.8 Å². The van der Waals surface area contributed by atoms with Gasteiger partial charge in [-0.25, -0.2) is 13.2 Å². The second kappa shape index (κ2) is 7.51. The zero-order valence-electron chi connectivity index (χ0n) is 16.1. The highest BCUT2D eigenvalue weighted by Crippen LogP contribution is 2.37. The van der Waals surface area contributed by atoms with Crippen molar-refractivity contribution >= 4 is 33.3 Å². The number of carbonyl (C=O) groups is 2. The molecular formula is C21H22N2O5S. The van der Waals surface area contributed by atoms with Gasteiger partial charge < -0.3 is 9.64 Å². The average Bonchev–Trinajstić information content (AvgIpc) is 3.46. The van der Waals surface area contributed by atoms with Crippen LogP contribution in [0.5, 0.6) is 0 Å². The summed E-state index contributed by atoms with van der Waals surface area (Å²) in [5.74, 6) is -0.252. The van der Waals surface area contributed by atoms with Crippen LogP contribution in [0.15, 0.2) is 47.4 Å². The first-order valence-corrected chi connectivity index (χ1v) is 11.1. The molecule has 7 nitrogen and oxygen atoms in total. The van der Waals surface area contributed by atoms with Gasteiger partial charge in [-0.1, -0.05) is 6.07 Å². The van der Waals surface area contributed by atoms with Gasteiger partial charge >= 0.3 is 5.97 Å². The van der Waals surface area contributed by atoms with Gasteiger partial charge in [-0.2, -0.15) is 0 Å². The first-order chi connectivity index (χ1) is 13.9. The van der Waals surface area contributed by atoms with E-state index < -0.39 is 16.0 Å². The first kappa shape index (κ1) is 19.4. The SMILES string of the molecule is CCOC(=O)c1cccc(NS(=O)(=O)c2ccc3c(c2)CCN3C(=O)C2CC2)c1. The molecule has 0 saturated heterocycles. The molecule has 0 aromatic heterocycles. The molecular weight excluding hydrogens is 392 g/mol. The summed E-state index contributed by atoms with van der Waals surface area (Å²) in [5, 5.41) is 0. The summed E-state index contributed by atoms with van der Waals surface area (Å²) in [6.07, 6.45) is 2.51. The zero-order chi connectivity index (χ0) is 20.6. The minimum atomic E-state index is -3.84. The number of hydrogen-bond acceptors (Lipinski definition) is 5. The molecule has 0 bridgehead atoms. The molecule has 29 heavy (non-hydrogen) atoms. The highest BCUT2D eigenvalue weighted by molar-refractivity contribution is 7.92. The number of ether oxygens (including phenoxy) is 1. The quantitative estimate of drug-likeness (QED) is 0.734. The molecule has 4 rings (SSSR count). The maximum atomic E-state index is 12.8. The third-order valence-electron chi connectivity index (χ3n) is 5.08. The van der Waals surface area contributed by atoms with Crippen LogP contribution in [0.4, 0.5) is 11.4 Å². The van der Waals surface area contributed by atoms with Crippen LogP contribution in [0.25, 0.3) is 0 Å². The van der Waals surface area contributed by atoms with E-state index in [0.717, 1.165) is 24.1 Å². The smallest absolute Gasteiger partial charge is 0.338 e. The van der Waals surface area contributed by atoms with E-state index in [9.17, 15) is 18.0 Å². The largest absolute Gasteiger partial charge is 0.462 e. The molecule has 1 heterocycles. The summed E-state index contributed by atoms with van der Waals surface area (Å²) >= 11 is 0. The van der Waals surface area contributed by atoms with Crippen molar-refractivity contribution in [2.24, 2.45) is 5.92 Å². The predicted molar refractivity (Wildman–Crippen MR) is 108 cm³/mol. The molecule has 152 valence electrons. The van der Waals surface area contributed by atoms with Crippen molar-refractivity contribution in [1.29, 1.82) is 0 Å². The van der Waals surface area contributed by atoms with Gasteiger partial charge in [0.15, 0.2) is 0 Å². The van der Waals surface area contributed by atoms with E-state index in [-0.39, 0.29) is 34.6 Å². The fourth-order valence-electron chi connectivity index (χ4n) is 3.46. The van der Waals surface area contributed by atoms with Crippen LogP contribution in [-0.2, 0) is 26.0 Å². The summed E-state index contributed by atoms with van der Waals surface area (Å²) in [6, 6.07) is 11.0. The molecule has 1 aliphatic carbocycles. The van der Waals surface area contributed by atoms with Gasteiger partial charge in [-0.05, 0) is 68.1 Å². The van der Waals surface area contributed by atoms with Crippen LogP contribution < -0.4 is 9.62 Å². The van der Waals surface area contributed by atoms with Crippen molar-refractivity contribution in [2.45, 2.75) is 31.1 Å². The van der Waals surface area contributed by atoms with Gasteiger partial charge in [0.05, 0.1) is 17.1 Å². The van der Waals surface area contributed by atoms with E-state index in [1.165, 1.54) is 12.1 Å². The highest BCUT2D eigenvalue weighted by Gasteiger charge is 2.36. The Bertz CT molecular complexity index is 1080. The maximum absolute atomic E-state index is 12.8. The number of anilines is 2. The van der Waals surface area contributed by atoms with Crippen molar-refractivity contribution in [1.82, 2.24) is 0 Å². The van der Waals surface area contributed by atoms with Crippen molar-refractivity contribution in [3.05, 3.63) is 53.6 Å². The van der Waals surface area contributed by atoms with Crippen LogP contribution in [0.3, 0.4) is 0 Å². The Kier molecular flexibility index (Phi) is 5.04. The third-order valence-corrected chi connectivity index (χ3v) is 6.45. The number of benzene rings is 2. The van der Waals surface area contributed by atoms with Gasteiger partial charge in [-0.3, -0.25) is 9.52 Å². The summed E-state index contributed by atoms with van der Waals surface area (Å²) < 4.78 is 33.1. The van der Waals surface area contributed by atoms with Crippen LogP contribution in [0.2, 0.25) is 0 Å². The third kappa shape index (κ3) is 3.98. The number of carbonyl (C=O) groups excluding carboxylic acids is 2. The number of nitrogens with zero attached hydrogens (tertiary/aromatic N) is 1. The molecule has 1 saturated carbocycles. The van der Waals surface area contributed by atoms with E-state index in [2.05, 4.69) is 4.72 Å². The van der Waals surface area contributed by atoms with Crippen LogP contribution in [0.1, 0.15) is 35.7 Å². The van der Waals surface area contributed by atoms with Crippen molar-refractivity contribution in [3.63, 3.8) is 0 Å². The monoisotopic (exact) mass is 414 g/mol. The Morgan fingerprint density at radius 1 is 1.17 bits per heavy atom. The lowest BCUT2D eigenvalue weighted by Gasteiger charge is -2.17. The van der Waals surface area contributed by atoms with E-state index in [0.29, 0.717) is 13.0 Å². The molecule has 0 spiro atoms. The van der Waals surface area contributed by atoms with Gasteiger partial charge in [0.2, 0.25) is 5.91 Å². The second-order valence-corrected chi connectivity index (χ2v) is 8.89. The lowest BCUT2D eigenvalue weighted by atomic mass is 10.2. The molecule has 1 N–H and O–H groups in total. The molecule has 1 fully saturated rings. The number of hydrogen-bond donors (Lipinski definition) is 1. The van der Waals surface area contributed by atoms with E-state index in [4.69, 9.17) is 4.74 Å². The summed E-state index contributed by atoms with van der Waals surface area (Å²) in [6.45, 7) is 2.53. The summed E-state index contributed by atoms with van der Waals surface area (Å²) in [5.41, 5.74) is 2.20. The van der Waals surface area contributed by atoms with Crippen molar-refractivity contribution in [2.75, 3.05) is 22.8 Å². The minimum Gasteiger partial charge on any atom is -0.462 e. The Morgan fingerprint density at radius 3 is 2.69 bits per heavy atom. The molecule has 2 aromatic rings. The maximum Gasteiger partial charge on any atom is 0.338 e. The van der Waals surface area contributed by atoms with E-state index in [1.54, 1.807) is 42.2 Å². The number of rotatable bonds is 6. The molecule has 2 aromatic carbocycles. The number of esters is 1. The molecule has 0 unspecified atom stereocenters. The molecule has 0 radical (unpaired) electrons. The summed E-state index contributed by atoms with van der Waals surface area (Å²) in [4.78, 5) is 26.1. The van der Waals surface area contributed by atoms with Crippen LogP contribution in [-0.4, -0.2) is 33.4 Å². The second-order valence-electron chi connectivity index (χ2n) is 7.21. The number of nitrogens with one attached hydrogen (secondary N) is 1. The Labute approximate surface area is 169 Å². The summed E-state index contributed by atoms with van der Waals surface area (Å²) in [7, 11) is -3.84. The molecule has 0 atom stereocenters. The van der Waals surface area contributed by atoms with Gasteiger partial charge in [0.25, 0.3) is 10.0 Å². The Balaban J connectivity index is 1.55. The van der Waals surface area contributed by atoms with E-state index in [1.807, 2.05) is 0 Å². The normalized spacial score (nSPS) is 15.7. The molecule has 8 heteroatoms. The number of amides is 1. The fourth-order valence-corrected chi connectivity index (χ4v) is 4.56. The van der Waals surface area contributed by atoms with Gasteiger partial charge in [0.1, 0.15) is 0 Å². The van der Waals surface area contributed by atoms with Crippen molar-refractivity contribution in [3.8, 4) is 0 Å². The average molecular weight is 414 g/mol. The lowest BCUT2D eigenvalue weighted by Crippen LogP contribution is -2.30. The molecule has 1 aliphatic heterocycles.